The minimum atomic E-state index is -0.664. The topological polar surface area (TPSA) is 81.5 Å². The number of likely N-dealkylation sites (N-methyl/N-ethyl adjacent to an activating group) is 1. The highest BCUT2D eigenvalue weighted by atomic mass is 19.1. The molecule has 0 fully saturated rings. The van der Waals surface area contributed by atoms with Crippen molar-refractivity contribution in [3.8, 4) is 0 Å². The molecule has 2 heterocycles. The molecule has 7 nitrogen and oxygen atoms in total. The summed E-state index contributed by atoms with van der Waals surface area (Å²) in [7, 11) is 1.58. The Morgan fingerprint density at radius 2 is 1.97 bits per heavy atom. The molecule has 1 aliphatic heterocycles. The number of ether oxygens (including phenoxy) is 1. The van der Waals surface area contributed by atoms with Crippen LogP contribution in [0.5, 0.6) is 0 Å². The number of esters is 1. The zero-order chi connectivity index (χ0) is 21.3. The third-order valence-electron chi connectivity index (χ3n) is 5.14. The zero-order valence-electron chi connectivity index (χ0n) is 16.4. The number of halogens is 1. The van der Waals surface area contributed by atoms with E-state index in [-0.39, 0.29) is 29.4 Å². The average molecular weight is 409 g/mol. The minimum absolute atomic E-state index is 0.106. The van der Waals surface area contributed by atoms with Gasteiger partial charge in [-0.3, -0.25) is 14.2 Å². The maximum atomic E-state index is 13.0. The Hall–Kier alpha value is -3.55. The summed E-state index contributed by atoms with van der Waals surface area (Å²) in [6, 6.07) is 10.4. The highest BCUT2D eigenvalue weighted by Crippen LogP contribution is 2.17. The number of hydrogen-bond donors (Lipinski definition) is 0. The lowest BCUT2D eigenvalue weighted by molar-refractivity contribution is -0.133. The maximum Gasteiger partial charge on any atom is 0.338 e. The first kappa shape index (κ1) is 19.8. The van der Waals surface area contributed by atoms with E-state index in [1.165, 1.54) is 29.2 Å². The van der Waals surface area contributed by atoms with Crippen LogP contribution < -0.4 is 5.56 Å². The van der Waals surface area contributed by atoms with Gasteiger partial charge in [-0.25, -0.2) is 14.2 Å². The highest BCUT2D eigenvalue weighted by molar-refractivity contribution is 5.95. The summed E-state index contributed by atoms with van der Waals surface area (Å²) in [6.07, 6.45) is 1.61. The Bertz CT molecular complexity index is 1190. The van der Waals surface area contributed by atoms with Crippen LogP contribution in [-0.2, 0) is 29.0 Å². The van der Waals surface area contributed by atoms with Gasteiger partial charge in [0.05, 0.1) is 16.5 Å². The number of rotatable bonds is 5. The molecule has 154 valence electrons. The molecule has 0 N–H and O–H groups in total. The fraction of sp³-hybridized carbons (Fsp3) is 0.273. The first-order valence-electron chi connectivity index (χ1n) is 9.61. The standard InChI is InChI=1S/C22H20FN3O4/c1-25(12-14-4-7-16(23)8-5-14)20(27)13-30-22(29)15-6-9-17-18(11-15)24-19-3-2-10-26(19)21(17)28/h4-9,11H,2-3,10,12-13H2,1H3. The van der Waals surface area contributed by atoms with Gasteiger partial charge in [0, 0.05) is 26.6 Å². The molecule has 30 heavy (non-hydrogen) atoms. The molecule has 0 bridgehead atoms. The number of carbonyl (C=O) groups excluding carboxylic acids is 2. The van der Waals surface area contributed by atoms with E-state index in [4.69, 9.17) is 4.74 Å². The van der Waals surface area contributed by atoms with E-state index in [0.717, 1.165) is 24.2 Å². The Labute approximate surface area is 171 Å². The second-order valence-electron chi connectivity index (χ2n) is 7.27. The number of benzene rings is 2. The van der Waals surface area contributed by atoms with Crippen molar-refractivity contribution in [2.75, 3.05) is 13.7 Å². The summed E-state index contributed by atoms with van der Waals surface area (Å²) >= 11 is 0. The molecule has 3 aromatic rings. The van der Waals surface area contributed by atoms with Crippen LogP contribution in [-0.4, -0.2) is 40.0 Å². The van der Waals surface area contributed by atoms with Crippen LogP contribution in [0.1, 0.15) is 28.2 Å². The third kappa shape index (κ3) is 3.94. The van der Waals surface area contributed by atoms with Gasteiger partial charge in [0.25, 0.3) is 11.5 Å². The molecule has 0 spiro atoms. The van der Waals surface area contributed by atoms with Crippen molar-refractivity contribution in [3.63, 3.8) is 0 Å². The number of nitrogens with zero attached hydrogens (tertiary/aromatic N) is 3. The molecule has 0 unspecified atom stereocenters. The van der Waals surface area contributed by atoms with Gasteiger partial charge in [-0.05, 0) is 42.3 Å². The summed E-state index contributed by atoms with van der Waals surface area (Å²) in [5.41, 5.74) is 1.33. The number of fused-ring (bicyclic) bond motifs is 2. The van der Waals surface area contributed by atoms with Gasteiger partial charge >= 0.3 is 5.97 Å². The smallest absolute Gasteiger partial charge is 0.338 e. The van der Waals surface area contributed by atoms with Crippen molar-refractivity contribution < 1.29 is 18.7 Å². The van der Waals surface area contributed by atoms with E-state index in [0.29, 0.717) is 17.4 Å². The number of hydrogen-bond acceptors (Lipinski definition) is 5. The Morgan fingerprint density at radius 3 is 2.73 bits per heavy atom. The van der Waals surface area contributed by atoms with Crippen LogP contribution in [0.3, 0.4) is 0 Å². The molecule has 0 saturated heterocycles. The molecular weight excluding hydrogens is 389 g/mol. The van der Waals surface area contributed by atoms with E-state index in [1.54, 1.807) is 29.8 Å². The Morgan fingerprint density at radius 1 is 1.20 bits per heavy atom. The molecule has 0 saturated carbocycles. The van der Waals surface area contributed by atoms with Gasteiger partial charge in [-0.15, -0.1) is 0 Å². The van der Waals surface area contributed by atoms with Crippen LogP contribution in [0, 0.1) is 5.82 Å². The molecule has 0 radical (unpaired) electrons. The molecule has 1 amide bonds. The predicted molar refractivity (Wildman–Crippen MR) is 107 cm³/mol. The molecule has 1 aliphatic rings. The van der Waals surface area contributed by atoms with Crippen LogP contribution >= 0.6 is 0 Å². The van der Waals surface area contributed by atoms with Gasteiger partial charge < -0.3 is 9.64 Å². The van der Waals surface area contributed by atoms with Crippen molar-refractivity contribution >= 4 is 22.8 Å². The van der Waals surface area contributed by atoms with Crippen molar-refractivity contribution in [1.82, 2.24) is 14.5 Å². The molecule has 2 aromatic carbocycles. The molecule has 4 rings (SSSR count). The van der Waals surface area contributed by atoms with Crippen molar-refractivity contribution in [1.29, 1.82) is 0 Å². The number of amides is 1. The normalized spacial score (nSPS) is 12.6. The monoisotopic (exact) mass is 409 g/mol. The lowest BCUT2D eigenvalue weighted by Gasteiger charge is -2.17. The first-order valence-corrected chi connectivity index (χ1v) is 9.61. The lowest BCUT2D eigenvalue weighted by Crippen LogP contribution is -2.30. The molecule has 0 atom stereocenters. The van der Waals surface area contributed by atoms with Gasteiger partial charge in [0.2, 0.25) is 0 Å². The number of aromatic nitrogens is 2. The van der Waals surface area contributed by atoms with E-state index >= 15 is 0 Å². The van der Waals surface area contributed by atoms with Crippen LogP contribution in [0.15, 0.2) is 47.3 Å². The molecular formula is C22H20FN3O4. The zero-order valence-corrected chi connectivity index (χ0v) is 16.4. The fourth-order valence-corrected chi connectivity index (χ4v) is 3.48. The predicted octanol–water partition coefficient (Wildman–Crippen LogP) is 2.30. The first-order chi connectivity index (χ1) is 14.4. The van der Waals surface area contributed by atoms with E-state index in [9.17, 15) is 18.8 Å². The van der Waals surface area contributed by atoms with E-state index < -0.39 is 12.6 Å². The number of aryl methyl sites for hydroxylation is 1. The SMILES string of the molecule is CN(Cc1ccc(F)cc1)C(=O)COC(=O)c1ccc2c(=O)n3c(nc2c1)CCC3. The van der Waals surface area contributed by atoms with Crippen LogP contribution in [0.25, 0.3) is 10.9 Å². The second-order valence-corrected chi connectivity index (χ2v) is 7.27. The van der Waals surface area contributed by atoms with Gasteiger partial charge in [-0.2, -0.15) is 0 Å². The van der Waals surface area contributed by atoms with Crippen molar-refractivity contribution in [3.05, 3.63) is 75.6 Å². The summed E-state index contributed by atoms with van der Waals surface area (Å²) in [6.45, 7) is 0.509. The summed E-state index contributed by atoms with van der Waals surface area (Å²) in [4.78, 5) is 43.0. The Balaban J connectivity index is 1.41. The van der Waals surface area contributed by atoms with Gasteiger partial charge in [0.15, 0.2) is 6.61 Å². The lowest BCUT2D eigenvalue weighted by atomic mass is 10.1. The molecule has 1 aromatic heterocycles. The van der Waals surface area contributed by atoms with Crippen molar-refractivity contribution in [2.45, 2.75) is 25.9 Å². The quantitative estimate of drug-likeness (QED) is 0.604. The van der Waals surface area contributed by atoms with Crippen molar-refractivity contribution in [2.24, 2.45) is 0 Å². The summed E-state index contributed by atoms with van der Waals surface area (Å²) in [5, 5.41) is 0.451. The highest BCUT2D eigenvalue weighted by Gasteiger charge is 2.18. The largest absolute Gasteiger partial charge is 0.452 e. The number of carbonyl (C=O) groups is 2. The summed E-state index contributed by atoms with van der Waals surface area (Å²) in [5.74, 6) is -0.680. The maximum absolute atomic E-state index is 13.0. The van der Waals surface area contributed by atoms with Crippen LogP contribution in [0.2, 0.25) is 0 Å². The van der Waals surface area contributed by atoms with Crippen LogP contribution in [0.4, 0.5) is 4.39 Å². The average Bonchev–Trinajstić information content (AvgIpc) is 3.22. The summed E-state index contributed by atoms with van der Waals surface area (Å²) < 4.78 is 19.8. The molecule has 8 heteroatoms. The van der Waals surface area contributed by atoms with E-state index in [2.05, 4.69) is 4.98 Å². The fourth-order valence-electron chi connectivity index (χ4n) is 3.48. The van der Waals surface area contributed by atoms with Gasteiger partial charge in [0.1, 0.15) is 11.6 Å². The Kier molecular flexibility index (Phi) is 5.31. The molecule has 0 aliphatic carbocycles. The third-order valence-corrected chi connectivity index (χ3v) is 5.14. The second kappa shape index (κ2) is 8.06. The van der Waals surface area contributed by atoms with E-state index in [1.807, 2.05) is 0 Å². The van der Waals surface area contributed by atoms with Gasteiger partial charge in [-0.1, -0.05) is 12.1 Å². The minimum Gasteiger partial charge on any atom is -0.452 e.